The molecule has 1 N–H and O–H groups in total. The van der Waals surface area contributed by atoms with Crippen LogP contribution in [0, 0.1) is 46.8 Å². The molecule has 0 radical (unpaired) electrons. The SMILES string of the molecule is CC(C)COC(=O)c1ccccc1C(=O)O.[Nd]. The van der Waals surface area contributed by atoms with Crippen molar-refractivity contribution in [3.05, 3.63) is 35.4 Å². The third-order valence-electron chi connectivity index (χ3n) is 1.93. The Morgan fingerprint density at radius 2 is 1.76 bits per heavy atom. The molecule has 0 amide bonds. The van der Waals surface area contributed by atoms with Gasteiger partial charge in [0.05, 0.1) is 17.7 Å². The van der Waals surface area contributed by atoms with Gasteiger partial charge in [0.15, 0.2) is 0 Å². The molecule has 0 saturated carbocycles. The second-order valence-corrected chi connectivity index (χ2v) is 3.84. The Hall–Kier alpha value is -0.489. The molecule has 0 spiro atoms. The smallest absolute Gasteiger partial charge is 0.339 e. The molecule has 5 heteroatoms. The molecule has 17 heavy (non-hydrogen) atoms. The fourth-order valence-electron chi connectivity index (χ4n) is 1.17. The van der Waals surface area contributed by atoms with Crippen LogP contribution in [0.1, 0.15) is 34.6 Å². The normalized spacial score (nSPS) is 9.59. The minimum atomic E-state index is -1.13. The molecule has 0 unspecified atom stereocenters. The van der Waals surface area contributed by atoms with Crippen molar-refractivity contribution in [3.8, 4) is 0 Å². The molecule has 0 fully saturated rings. The van der Waals surface area contributed by atoms with E-state index in [0.29, 0.717) is 0 Å². The zero-order valence-electron chi connectivity index (χ0n) is 9.77. The molecular formula is C12H14NdO4. The number of ether oxygens (including phenoxy) is 1. The number of esters is 1. The predicted octanol–water partition coefficient (Wildman–Crippen LogP) is 2.20. The van der Waals surface area contributed by atoms with Crippen molar-refractivity contribution < 1.29 is 60.3 Å². The van der Waals surface area contributed by atoms with Gasteiger partial charge in [0.2, 0.25) is 0 Å². The van der Waals surface area contributed by atoms with Crippen molar-refractivity contribution in [1.82, 2.24) is 0 Å². The van der Waals surface area contributed by atoms with Gasteiger partial charge in [-0.1, -0.05) is 26.0 Å². The molecule has 0 atom stereocenters. The summed E-state index contributed by atoms with van der Waals surface area (Å²) in [5.41, 5.74) is 0.0620. The summed E-state index contributed by atoms with van der Waals surface area (Å²) in [4.78, 5) is 22.4. The summed E-state index contributed by atoms with van der Waals surface area (Å²) < 4.78 is 4.98. The van der Waals surface area contributed by atoms with Gasteiger partial charge < -0.3 is 9.84 Å². The first-order valence-electron chi connectivity index (χ1n) is 5.01. The van der Waals surface area contributed by atoms with Gasteiger partial charge >= 0.3 is 11.9 Å². The van der Waals surface area contributed by atoms with Gasteiger partial charge in [-0.05, 0) is 18.1 Å². The Morgan fingerprint density at radius 1 is 1.24 bits per heavy atom. The van der Waals surface area contributed by atoms with Crippen LogP contribution in [-0.4, -0.2) is 23.7 Å². The van der Waals surface area contributed by atoms with Gasteiger partial charge in [-0.15, -0.1) is 0 Å². The molecule has 0 heterocycles. The number of carbonyl (C=O) groups excluding carboxylic acids is 1. The van der Waals surface area contributed by atoms with E-state index in [-0.39, 0.29) is 64.5 Å². The van der Waals surface area contributed by atoms with Crippen LogP contribution in [0.25, 0.3) is 0 Å². The monoisotopic (exact) mass is 364 g/mol. The number of hydrogen-bond donors (Lipinski definition) is 1. The van der Waals surface area contributed by atoms with E-state index in [1.165, 1.54) is 12.1 Å². The van der Waals surface area contributed by atoms with Crippen molar-refractivity contribution >= 4 is 11.9 Å². The summed E-state index contributed by atoms with van der Waals surface area (Å²) in [5.74, 6) is -1.50. The molecular weight excluding hydrogens is 352 g/mol. The Labute approximate surface area is 133 Å². The summed E-state index contributed by atoms with van der Waals surface area (Å²) in [6.07, 6.45) is 0. The number of hydrogen-bond acceptors (Lipinski definition) is 3. The maximum Gasteiger partial charge on any atom is 0.339 e. The van der Waals surface area contributed by atoms with Gasteiger partial charge in [-0.3, -0.25) is 0 Å². The molecule has 90 valence electrons. The molecule has 0 aliphatic rings. The molecule has 1 aromatic rings. The van der Waals surface area contributed by atoms with E-state index in [4.69, 9.17) is 9.84 Å². The molecule has 4 nitrogen and oxygen atoms in total. The topological polar surface area (TPSA) is 63.6 Å². The van der Waals surface area contributed by atoms with E-state index >= 15 is 0 Å². The average molecular weight is 366 g/mol. The molecule has 1 rings (SSSR count). The van der Waals surface area contributed by atoms with E-state index in [1.54, 1.807) is 12.1 Å². The van der Waals surface area contributed by atoms with Gasteiger partial charge in [0.25, 0.3) is 0 Å². The first-order valence-corrected chi connectivity index (χ1v) is 5.01. The zero-order chi connectivity index (χ0) is 12.1. The first kappa shape index (κ1) is 16.5. The summed E-state index contributed by atoms with van der Waals surface area (Å²) in [6.45, 7) is 4.11. The maximum absolute atomic E-state index is 11.6. The Bertz CT molecular complexity index is 401. The molecule has 0 saturated heterocycles. The van der Waals surface area contributed by atoms with Gasteiger partial charge in [0, 0.05) is 40.8 Å². The Kier molecular flexibility index (Phi) is 7.54. The minimum Gasteiger partial charge on any atom is -0.478 e. The molecule has 0 aliphatic carbocycles. The van der Waals surface area contributed by atoms with Crippen LogP contribution in [0.4, 0.5) is 0 Å². The van der Waals surface area contributed by atoms with Crippen molar-refractivity contribution in [3.63, 3.8) is 0 Å². The van der Waals surface area contributed by atoms with E-state index < -0.39 is 11.9 Å². The van der Waals surface area contributed by atoms with E-state index in [9.17, 15) is 9.59 Å². The fourth-order valence-corrected chi connectivity index (χ4v) is 1.17. The Morgan fingerprint density at radius 3 is 2.24 bits per heavy atom. The summed E-state index contributed by atoms with van der Waals surface area (Å²) >= 11 is 0. The molecule has 0 aliphatic heterocycles. The quantitative estimate of drug-likeness (QED) is 0.830. The van der Waals surface area contributed by atoms with Crippen LogP contribution < -0.4 is 0 Å². The van der Waals surface area contributed by atoms with E-state index in [2.05, 4.69) is 0 Å². The van der Waals surface area contributed by atoms with Crippen LogP contribution in [-0.2, 0) is 4.74 Å². The second-order valence-electron chi connectivity index (χ2n) is 3.84. The van der Waals surface area contributed by atoms with Crippen LogP contribution in [0.5, 0.6) is 0 Å². The van der Waals surface area contributed by atoms with Crippen molar-refractivity contribution in [2.45, 2.75) is 13.8 Å². The minimum absolute atomic E-state index is 0. The standard InChI is InChI=1S/C12H14O4.Nd/c1-8(2)7-16-12(15)10-6-4-3-5-9(10)11(13)14;/h3-6,8H,7H2,1-2H3,(H,13,14);. The number of benzene rings is 1. The van der Waals surface area contributed by atoms with Crippen LogP contribution in [0.2, 0.25) is 0 Å². The number of carboxylic acid groups (broad SMARTS) is 1. The van der Waals surface area contributed by atoms with E-state index in [0.717, 1.165) is 0 Å². The third-order valence-corrected chi connectivity index (χ3v) is 1.93. The summed E-state index contributed by atoms with van der Waals surface area (Å²) in [7, 11) is 0. The van der Waals surface area contributed by atoms with Gasteiger partial charge in [0.1, 0.15) is 0 Å². The van der Waals surface area contributed by atoms with Crippen LogP contribution >= 0.6 is 0 Å². The molecule has 1 aromatic carbocycles. The molecule has 0 bridgehead atoms. The number of carbonyl (C=O) groups is 2. The van der Waals surface area contributed by atoms with Crippen molar-refractivity contribution in [2.75, 3.05) is 6.61 Å². The van der Waals surface area contributed by atoms with E-state index in [1.807, 2.05) is 13.8 Å². The second kappa shape index (κ2) is 7.76. The number of rotatable bonds is 4. The third kappa shape index (κ3) is 5.12. The zero-order valence-corrected chi connectivity index (χ0v) is 13.0. The van der Waals surface area contributed by atoms with Crippen LogP contribution in [0.3, 0.4) is 0 Å². The molecule has 0 aromatic heterocycles. The fraction of sp³-hybridized carbons (Fsp3) is 0.333. The number of carboxylic acids is 1. The van der Waals surface area contributed by atoms with Crippen LogP contribution in [0.15, 0.2) is 24.3 Å². The number of aromatic carboxylic acids is 1. The Balaban J connectivity index is 0.00000256. The van der Waals surface area contributed by atoms with Gasteiger partial charge in [-0.2, -0.15) is 0 Å². The van der Waals surface area contributed by atoms with Gasteiger partial charge in [-0.25, -0.2) is 9.59 Å². The first-order chi connectivity index (χ1) is 7.52. The summed E-state index contributed by atoms with van der Waals surface area (Å²) in [6, 6.07) is 6.02. The maximum atomic E-state index is 11.6. The summed E-state index contributed by atoms with van der Waals surface area (Å²) in [5, 5.41) is 8.88. The van der Waals surface area contributed by atoms with Crippen molar-refractivity contribution in [2.24, 2.45) is 5.92 Å². The average Bonchev–Trinajstić information content (AvgIpc) is 2.25. The largest absolute Gasteiger partial charge is 0.478 e. The van der Waals surface area contributed by atoms with Crippen molar-refractivity contribution in [1.29, 1.82) is 0 Å². The predicted molar refractivity (Wildman–Crippen MR) is 58.5 cm³/mol.